The zero-order valence-corrected chi connectivity index (χ0v) is 15.2. The molecule has 1 saturated carbocycles. The molecular formula is C17H36OSi. The summed E-state index contributed by atoms with van der Waals surface area (Å²) < 4.78 is 6.56. The Kier molecular flexibility index (Phi) is 7.10. The molecule has 4 unspecified atom stereocenters. The van der Waals surface area contributed by atoms with Gasteiger partial charge < -0.3 is 4.43 Å². The fourth-order valence-electron chi connectivity index (χ4n) is 4.08. The van der Waals surface area contributed by atoms with Crippen LogP contribution in [-0.4, -0.2) is 14.4 Å². The molecule has 2 heteroatoms. The van der Waals surface area contributed by atoms with Gasteiger partial charge in [-0.3, -0.25) is 0 Å². The van der Waals surface area contributed by atoms with E-state index < -0.39 is 8.32 Å². The predicted molar refractivity (Wildman–Crippen MR) is 88.0 cm³/mol. The average Bonchev–Trinajstić information content (AvgIpc) is 2.58. The molecule has 1 rings (SSSR count). The van der Waals surface area contributed by atoms with E-state index in [9.17, 15) is 0 Å². The summed E-state index contributed by atoms with van der Waals surface area (Å²) in [6.45, 7) is 14.1. The second-order valence-corrected chi connectivity index (χ2v) is 11.9. The number of hydrogen-bond donors (Lipinski definition) is 0. The monoisotopic (exact) mass is 284 g/mol. The van der Waals surface area contributed by atoms with E-state index in [1.54, 1.807) is 0 Å². The molecule has 0 aliphatic heterocycles. The number of rotatable bonds is 8. The van der Waals surface area contributed by atoms with Gasteiger partial charge >= 0.3 is 0 Å². The summed E-state index contributed by atoms with van der Waals surface area (Å²) in [6.07, 6.45) is 10.1. The van der Waals surface area contributed by atoms with Crippen LogP contribution in [0.15, 0.2) is 0 Å². The molecule has 114 valence electrons. The molecule has 0 heterocycles. The molecule has 0 aromatic heterocycles. The third-order valence-corrected chi connectivity index (χ3v) is 5.59. The van der Waals surface area contributed by atoms with Crippen LogP contribution in [0.4, 0.5) is 0 Å². The fraction of sp³-hybridized carbons (Fsp3) is 1.00. The van der Waals surface area contributed by atoms with Gasteiger partial charge in [-0.15, -0.1) is 0 Å². The second-order valence-electron chi connectivity index (χ2n) is 7.46. The van der Waals surface area contributed by atoms with Crippen molar-refractivity contribution in [1.29, 1.82) is 0 Å². The molecule has 4 atom stereocenters. The molecule has 0 saturated heterocycles. The first kappa shape index (κ1) is 17.2. The highest BCUT2D eigenvalue weighted by Crippen LogP contribution is 2.46. The van der Waals surface area contributed by atoms with Gasteiger partial charge in [-0.25, -0.2) is 0 Å². The maximum Gasteiger partial charge on any atom is 0.184 e. The predicted octanol–water partition coefficient (Wildman–Crippen LogP) is 5.86. The first-order valence-electron chi connectivity index (χ1n) is 8.60. The van der Waals surface area contributed by atoms with E-state index in [1.165, 1.54) is 44.9 Å². The Morgan fingerprint density at radius 1 is 0.842 bits per heavy atom. The van der Waals surface area contributed by atoms with Crippen molar-refractivity contribution in [2.75, 3.05) is 0 Å². The zero-order valence-electron chi connectivity index (χ0n) is 14.2. The van der Waals surface area contributed by atoms with Crippen LogP contribution in [0.5, 0.6) is 0 Å². The van der Waals surface area contributed by atoms with Crippen molar-refractivity contribution in [2.24, 2.45) is 17.8 Å². The van der Waals surface area contributed by atoms with Crippen LogP contribution >= 0.6 is 0 Å². The third-order valence-electron chi connectivity index (χ3n) is 4.58. The van der Waals surface area contributed by atoms with Crippen LogP contribution < -0.4 is 0 Å². The van der Waals surface area contributed by atoms with E-state index >= 15 is 0 Å². The maximum absolute atomic E-state index is 6.56. The molecule has 0 aromatic carbocycles. The topological polar surface area (TPSA) is 9.23 Å². The van der Waals surface area contributed by atoms with Crippen molar-refractivity contribution >= 4 is 8.32 Å². The van der Waals surface area contributed by atoms with Crippen molar-refractivity contribution in [2.45, 2.75) is 91.5 Å². The molecule has 1 fully saturated rings. The molecule has 0 bridgehead atoms. The number of hydrogen-bond acceptors (Lipinski definition) is 1. The minimum Gasteiger partial charge on any atom is -0.414 e. The van der Waals surface area contributed by atoms with Gasteiger partial charge in [-0.2, -0.15) is 0 Å². The summed E-state index contributed by atoms with van der Waals surface area (Å²) in [4.78, 5) is 0. The van der Waals surface area contributed by atoms with Gasteiger partial charge in [-0.05, 0) is 50.2 Å². The van der Waals surface area contributed by atoms with Crippen LogP contribution in [0, 0.1) is 17.8 Å². The average molecular weight is 285 g/mol. The van der Waals surface area contributed by atoms with Crippen molar-refractivity contribution in [1.82, 2.24) is 0 Å². The van der Waals surface area contributed by atoms with E-state index in [-0.39, 0.29) is 0 Å². The lowest BCUT2D eigenvalue weighted by atomic mass is 9.81. The Hall–Kier alpha value is 0.177. The third kappa shape index (κ3) is 5.22. The molecule has 0 aromatic rings. The summed E-state index contributed by atoms with van der Waals surface area (Å²) in [5, 5.41) is 0. The minimum atomic E-state index is -1.40. The summed E-state index contributed by atoms with van der Waals surface area (Å²) in [6, 6.07) is 0. The van der Waals surface area contributed by atoms with Gasteiger partial charge in [0, 0.05) is 6.10 Å². The standard InChI is InChI=1S/C17H36OSi/c1-7-10-14-13-17(18-19(4,5)6)16(12-9-3)15(14)11-8-2/h14-17H,7-13H2,1-6H3. The zero-order chi connectivity index (χ0) is 14.5. The van der Waals surface area contributed by atoms with E-state index in [1.807, 2.05) is 0 Å². The van der Waals surface area contributed by atoms with Gasteiger partial charge in [0.05, 0.1) is 0 Å². The molecule has 1 aliphatic carbocycles. The highest BCUT2D eigenvalue weighted by molar-refractivity contribution is 6.69. The summed E-state index contributed by atoms with van der Waals surface area (Å²) in [5.74, 6) is 2.71. The van der Waals surface area contributed by atoms with Crippen LogP contribution in [0.1, 0.15) is 65.7 Å². The molecule has 0 N–H and O–H groups in total. The van der Waals surface area contributed by atoms with Crippen LogP contribution in [0.2, 0.25) is 19.6 Å². The van der Waals surface area contributed by atoms with Gasteiger partial charge in [-0.1, -0.05) is 52.9 Å². The molecule has 0 spiro atoms. The molecule has 1 nitrogen and oxygen atoms in total. The summed E-state index contributed by atoms with van der Waals surface area (Å²) >= 11 is 0. The van der Waals surface area contributed by atoms with E-state index in [0.29, 0.717) is 6.10 Å². The molecular weight excluding hydrogens is 248 g/mol. The Labute approximate surface area is 122 Å². The quantitative estimate of drug-likeness (QED) is 0.507. The summed E-state index contributed by atoms with van der Waals surface area (Å²) in [7, 11) is -1.40. The fourth-order valence-corrected chi connectivity index (χ4v) is 5.26. The Morgan fingerprint density at radius 2 is 1.37 bits per heavy atom. The van der Waals surface area contributed by atoms with Crippen molar-refractivity contribution < 1.29 is 4.43 Å². The van der Waals surface area contributed by atoms with Gasteiger partial charge in [0.2, 0.25) is 0 Å². The highest BCUT2D eigenvalue weighted by Gasteiger charge is 2.43. The first-order valence-corrected chi connectivity index (χ1v) is 12.0. The van der Waals surface area contributed by atoms with E-state index in [4.69, 9.17) is 4.43 Å². The SMILES string of the molecule is CCCC1CC(O[Si](C)(C)C)C(CCC)C1CCC. The van der Waals surface area contributed by atoms with Crippen molar-refractivity contribution in [3.63, 3.8) is 0 Å². The van der Waals surface area contributed by atoms with Gasteiger partial charge in [0.25, 0.3) is 0 Å². The largest absolute Gasteiger partial charge is 0.414 e. The second kappa shape index (κ2) is 7.83. The van der Waals surface area contributed by atoms with Crippen molar-refractivity contribution in [3.8, 4) is 0 Å². The lowest BCUT2D eigenvalue weighted by Crippen LogP contribution is -2.35. The normalized spacial score (nSPS) is 31.9. The van der Waals surface area contributed by atoms with E-state index in [2.05, 4.69) is 40.4 Å². The molecule has 0 amide bonds. The maximum atomic E-state index is 6.56. The summed E-state index contributed by atoms with van der Waals surface area (Å²) in [5.41, 5.74) is 0. The Morgan fingerprint density at radius 3 is 1.84 bits per heavy atom. The van der Waals surface area contributed by atoms with Crippen molar-refractivity contribution in [3.05, 3.63) is 0 Å². The molecule has 19 heavy (non-hydrogen) atoms. The lowest BCUT2D eigenvalue weighted by Gasteiger charge is -2.30. The lowest BCUT2D eigenvalue weighted by molar-refractivity contribution is 0.125. The highest BCUT2D eigenvalue weighted by atomic mass is 28.4. The van der Waals surface area contributed by atoms with E-state index in [0.717, 1.165) is 17.8 Å². The molecule has 1 aliphatic rings. The van der Waals surface area contributed by atoms with Crippen LogP contribution in [0.25, 0.3) is 0 Å². The van der Waals surface area contributed by atoms with Crippen LogP contribution in [-0.2, 0) is 4.43 Å². The first-order chi connectivity index (χ1) is 8.92. The minimum absolute atomic E-state index is 0.569. The Bertz CT molecular complexity index is 246. The molecule has 0 radical (unpaired) electrons. The smallest absolute Gasteiger partial charge is 0.184 e. The van der Waals surface area contributed by atoms with Crippen LogP contribution in [0.3, 0.4) is 0 Å². The van der Waals surface area contributed by atoms with Gasteiger partial charge in [0.1, 0.15) is 0 Å². The Balaban J connectivity index is 2.78. The van der Waals surface area contributed by atoms with Gasteiger partial charge in [0.15, 0.2) is 8.32 Å².